The van der Waals surface area contributed by atoms with Gasteiger partial charge in [0, 0.05) is 33.5 Å². The maximum absolute atomic E-state index is 5.75. The first kappa shape index (κ1) is 18.9. The van der Waals surface area contributed by atoms with Gasteiger partial charge in [-0.1, -0.05) is 33.6 Å². The zero-order valence-electron chi connectivity index (χ0n) is 13.6. The summed E-state index contributed by atoms with van der Waals surface area (Å²) < 4.78 is 10.8. The molecule has 0 fully saturated rings. The number of hydrogen-bond acceptors (Lipinski definition) is 3. The summed E-state index contributed by atoms with van der Waals surface area (Å²) in [5.74, 6) is 0. The first-order chi connectivity index (χ1) is 9.24. The van der Waals surface area contributed by atoms with Crippen LogP contribution in [0.1, 0.15) is 59.3 Å². The van der Waals surface area contributed by atoms with Crippen LogP contribution in [0.5, 0.6) is 0 Å². The minimum atomic E-state index is 0.424. The maximum atomic E-state index is 5.75. The maximum Gasteiger partial charge on any atom is 0.0487 e. The monoisotopic (exact) mass is 273 g/mol. The molecule has 0 spiro atoms. The number of ether oxygens (including phenoxy) is 2. The molecular formula is C16H35NO2. The third kappa shape index (κ3) is 9.42. The molecule has 3 nitrogen and oxygen atoms in total. The van der Waals surface area contributed by atoms with Gasteiger partial charge >= 0.3 is 0 Å². The van der Waals surface area contributed by atoms with Gasteiger partial charge in [-0.15, -0.1) is 0 Å². The Balaban J connectivity index is 4.00. The normalized spacial score (nSPS) is 14.5. The van der Waals surface area contributed by atoms with E-state index in [0.717, 1.165) is 39.3 Å². The number of rotatable bonds is 14. The minimum Gasteiger partial charge on any atom is -0.385 e. The van der Waals surface area contributed by atoms with Crippen molar-refractivity contribution >= 4 is 0 Å². The van der Waals surface area contributed by atoms with Crippen molar-refractivity contribution in [1.29, 1.82) is 0 Å². The Morgan fingerprint density at radius 2 is 1.74 bits per heavy atom. The second-order valence-electron chi connectivity index (χ2n) is 5.45. The molecule has 0 aromatic carbocycles. The molecule has 1 unspecified atom stereocenters. The molecule has 0 aliphatic heterocycles. The molecular weight excluding hydrogens is 238 g/mol. The van der Waals surface area contributed by atoms with Gasteiger partial charge in [0.15, 0.2) is 0 Å². The molecule has 1 N–H and O–H groups in total. The van der Waals surface area contributed by atoms with Gasteiger partial charge in [-0.05, 0) is 37.6 Å². The van der Waals surface area contributed by atoms with E-state index in [2.05, 4.69) is 26.1 Å². The quantitative estimate of drug-likeness (QED) is 0.490. The van der Waals surface area contributed by atoms with E-state index in [1.165, 1.54) is 32.1 Å². The number of hydrogen-bond donors (Lipinski definition) is 1. The lowest BCUT2D eigenvalue weighted by molar-refractivity contribution is 0.0701. The molecule has 0 bridgehead atoms. The molecule has 0 heterocycles. The van der Waals surface area contributed by atoms with Gasteiger partial charge in [-0.3, -0.25) is 0 Å². The molecule has 3 heteroatoms. The molecule has 19 heavy (non-hydrogen) atoms. The zero-order valence-corrected chi connectivity index (χ0v) is 13.6. The fraction of sp³-hybridized carbons (Fsp3) is 1.00. The summed E-state index contributed by atoms with van der Waals surface area (Å²) in [7, 11) is 1.74. The highest BCUT2D eigenvalue weighted by Gasteiger charge is 2.26. The predicted octanol–water partition coefficient (Wildman–Crippen LogP) is 3.63. The van der Waals surface area contributed by atoms with E-state index in [9.17, 15) is 0 Å². The van der Waals surface area contributed by atoms with Crippen LogP contribution in [-0.4, -0.2) is 40.0 Å². The van der Waals surface area contributed by atoms with Crippen molar-refractivity contribution < 1.29 is 9.47 Å². The summed E-state index contributed by atoms with van der Waals surface area (Å²) in [4.78, 5) is 0. The lowest BCUT2D eigenvalue weighted by atomic mass is 9.77. The predicted molar refractivity (Wildman–Crippen MR) is 82.7 cm³/mol. The number of unbranched alkanes of at least 4 members (excludes halogenated alkanes) is 1. The van der Waals surface area contributed by atoms with E-state index in [0.29, 0.717) is 5.41 Å². The lowest BCUT2D eigenvalue weighted by Gasteiger charge is -2.33. The van der Waals surface area contributed by atoms with Gasteiger partial charge in [0.2, 0.25) is 0 Å². The van der Waals surface area contributed by atoms with E-state index in [4.69, 9.17) is 9.47 Å². The van der Waals surface area contributed by atoms with Crippen molar-refractivity contribution in [3.8, 4) is 0 Å². The molecule has 0 aliphatic rings. The van der Waals surface area contributed by atoms with Crippen LogP contribution in [0.25, 0.3) is 0 Å². The van der Waals surface area contributed by atoms with Gasteiger partial charge in [-0.2, -0.15) is 0 Å². The average Bonchev–Trinajstić information content (AvgIpc) is 2.45. The molecule has 0 saturated heterocycles. The highest BCUT2D eigenvalue weighted by molar-refractivity contribution is 4.80. The van der Waals surface area contributed by atoms with Crippen molar-refractivity contribution in [3.63, 3.8) is 0 Å². The highest BCUT2D eigenvalue weighted by Crippen LogP contribution is 2.32. The smallest absolute Gasteiger partial charge is 0.0487 e. The van der Waals surface area contributed by atoms with Crippen LogP contribution in [-0.2, 0) is 9.47 Å². The molecule has 0 amide bonds. The van der Waals surface area contributed by atoms with Gasteiger partial charge < -0.3 is 14.8 Å². The van der Waals surface area contributed by atoms with Crippen molar-refractivity contribution in [2.45, 2.75) is 59.3 Å². The van der Waals surface area contributed by atoms with Crippen molar-refractivity contribution in [1.82, 2.24) is 5.32 Å². The fourth-order valence-electron chi connectivity index (χ4n) is 2.42. The van der Waals surface area contributed by atoms with Gasteiger partial charge in [-0.25, -0.2) is 0 Å². The number of methoxy groups -OCH3 is 1. The van der Waals surface area contributed by atoms with Crippen molar-refractivity contribution in [2.24, 2.45) is 5.41 Å². The highest BCUT2D eigenvalue weighted by atomic mass is 16.5. The molecule has 0 radical (unpaired) electrons. The summed E-state index contributed by atoms with van der Waals surface area (Å²) in [6, 6.07) is 0. The second-order valence-corrected chi connectivity index (χ2v) is 5.45. The molecule has 0 aromatic rings. The Kier molecular flexibility index (Phi) is 12.8. The molecule has 116 valence electrons. The van der Waals surface area contributed by atoms with E-state index in [1.807, 2.05) is 0 Å². The summed E-state index contributed by atoms with van der Waals surface area (Å²) in [5, 5.41) is 3.53. The first-order valence-corrected chi connectivity index (χ1v) is 8.02. The van der Waals surface area contributed by atoms with Crippen LogP contribution >= 0.6 is 0 Å². The molecule has 0 saturated carbocycles. The summed E-state index contributed by atoms with van der Waals surface area (Å²) >= 11 is 0. The SMILES string of the molecule is CCCCC(CC)(CCOCCCOC)CNCC. The number of nitrogens with one attached hydrogen (secondary N) is 1. The zero-order chi connectivity index (χ0) is 14.4. The van der Waals surface area contributed by atoms with E-state index in [-0.39, 0.29) is 0 Å². The fourth-order valence-corrected chi connectivity index (χ4v) is 2.42. The van der Waals surface area contributed by atoms with Crippen LogP contribution in [0, 0.1) is 5.41 Å². The average molecular weight is 273 g/mol. The Morgan fingerprint density at radius 3 is 2.32 bits per heavy atom. The van der Waals surface area contributed by atoms with Crippen molar-refractivity contribution in [3.05, 3.63) is 0 Å². The van der Waals surface area contributed by atoms with Crippen LogP contribution in [0.2, 0.25) is 0 Å². The van der Waals surface area contributed by atoms with E-state index < -0.39 is 0 Å². The standard InChI is InChI=1S/C16H35NO2/c1-5-8-10-16(6-2,15-17-7-3)11-14-19-13-9-12-18-4/h17H,5-15H2,1-4H3. The van der Waals surface area contributed by atoms with E-state index >= 15 is 0 Å². The Morgan fingerprint density at radius 1 is 0.947 bits per heavy atom. The van der Waals surface area contributed by atoms with Crippen LogP contribution in [0.3, 0.4) is 0 Å². The van der Waals surface area contributed by atoms with Crippen LogP contribution in [0.4, 0.5) is 0 Å². The lowest BCUT2D eigenvalue weighted by Crippen LogP contribution is -2.35. The van der Waals surface area contributed by atoms with Crippen LogP contribution in [0.15, 0.2) is 0 Å². The summed E-state index contributed by atoms with van der Waals surface area (Å²) in [6.07, 6.45) is 7.32. The topological polar surface area (TPSA) is 30.5 Å². The third-order valence-electron chi connectivity index (χ3n) is 3.97. The molecule has 1 atom stereocenters. The molecule has 0 aromatic heterocycles. The van der Waals surface area contributed by atoms with Crippen molar-refractivity contribution in [2.75, 3.05) is 40.0 Å². The van der Waals surface area contributed by atoms with Gasteiger partial charge in [0.05, 0.1) is 0 Å². The third-order valence-corrected chi connectivity index (χ3v) is 3.97. The molecule has 0 aliphatic carbocycles. The Bertz CT molecular complexity index is 178. The Hall–Kier alpha value is -0.120. The van der Waals surface area contributed by atoms with Gasteiger partial charge in [0.25, 0.3) is 0 Å². The van der Waals surface area contributed by atoms with Crippen LogP contribution < -0.4 is 5.32 Å². The minimum absolute atomic E-state index is 0.424. The summed E-state index contributed by atoms with van der Waals surface area (Å²) in [5.41, 5.74) is 0.424. The molecule has 0 rings (SSSR count). The first-order valence-electron chi connectivity index (χ1n) is 8.02. The van der Waals surface area contributed by atoms with E-state index in [1.54, 1.807) is 7.11 Å². The van der Waals surface area contributed by atoms with Gasteiger partial charge in [0.1, 0.15) is 0 Å². The summed E-state index contributed by atoms with van der Waals surface area (Å²) in [6.45, 7) is 11.5. The Labute approximate surface area is 120 Å². The second kappa shape index (κ2) is 12.9. The largest absolute Gasteiger partial charge is 0.385 e.